The molecule has 0 spiro atoms. The molecule has 0 bridgehead atoms. The van der Waals surface area contributed by atoms with Gasteiger partial charge in [-0.25, -0.2) is 0 Å². The van der Waals surface area contributed by atoms with Crippen LogP contribution in [-0.2, 0) is 15.9 Å². The smallest absolute Gasteiger partial charge is 0.228 e. The maximum absolute atomic E-state index is 5.55. The molecule has 2 rings (SSSR count). The van der Waals surface area contributed by atoms with Crippen molar-refractivity contribution in [3.05, 3.63) is 11.7 Å². The molecule has 6 nitrogen and oxygen atoms in total. The molecular weight excluding hydrogens is 246 g/mol. The van der Waals surface area contributed by atoms with Gasteiger partial charge in [-0.1, -0.05) is 19.0 Å². The summed E-state index contributed by atoms with van der Waals surface area (Å²) >= 11 is 0. The normalized spacial score (nSPS) is 21.8. The standard InChI is InChI=1S/C13H23N3O3/c1-9(2)6-10(14-3)7-12-15-13(16-19-12)11-8-17-4-5-18-11/h9-11,14H,4-8H2,1-3H3. The van der Waals surface area contributed by atoms with E-state index in [1.54, 1.807) is 0 Å². The van der Waals surface area contributed by atoms with Crippen molar-refractivity contribution >= 4 is 0 Å². The highest BCUT2D eigenvalue weighted by atomic mass is 16.6. The summed E-state index contributed by atoms with van der Waals surface area (Å²) in [5, 5.41) is 7.27. The molecule has 0 aliphatic carbocycles. The first-order valence-electron chi connectivity index (χ1n) is 6.88. The molecule has 1 aliphatic heterocycles. The summed E-state index contributed by atoms with van der Waals surface area (Å²) in [4.78, 5) is 4.41. The predicted octanol–water partition coefficient (Wildman–Crippen LogP) is 1.33. The van der Waals surface area contributed by atoms with Crippen molar-refractivity contribution in [2.75, 3.05) is 26.9 Å². The molecule has 1 fully saturated rings. The first-order valence-corrected chi connectivity index (χ1v) is 6.88. The van der Waals surface area contributed by atoms with Crippen LogP contribution in [0.1, 0.15) is 38.1 Å². The Morgan fingerprint density at radius 2 is 2.21 bits per heavy atom. The summed E-state index contributed by atoms with van der Waals surface area (Å²) in [6.07, 6.45) is 1.64. The van der Waals surface area contributed by atoms with Crippen molar-refractivity contribution in [1.29, 1.82) is 0 Å². The Bertz CT molecular complexity index is 375. The number of aromatic nitrogens is 2. The second-order valence-corrected chi connectivity index (χ2v) is 5.30. The van der Waals surface area contributed by atoms with Crippen LogP contribution in [-0.4, -0.2) is 43.1 Å². The lowest BCUT2D eigenvalue weighted by Crippen LogP contribution is -2.29. The first kappa shape index (κ1) is 14.4. The van der Waals surface area contributed by atoms with Crippen molar-refractivity contribution < 1.29 is 14.0 Å². The molecule has 1 saturated heterocycles. The third kappa shape index (κ3) is 4.26. The molecule has 2 heterocycles. The maximum Gasteiger partial charge on any atom is 0.228 e. The zero-order chi connectivity index (χ0) is 13.7. The van der Waals surface area contributed by atoms with Gasteiger partial charge in [-0.3, -0.25) is 0 Å². The van der Waals surface area contributed by atoms with Crippen LogP contribution in [0.4, 0.5) is 0 Å². The summed E-state index contributed by atoms with van der Waals surface area (Å²) in [6.45, 7) is 6.13. The van der Waals surface area contributed by atoms with Gasteiger partial charge in [0.1, 0.15) is 6.10 Å². The van der Waals surface area contributed by atoms with E-state index in [-0.39, 0.29) is 6.10 Å². The Balaban J connectivity index is 1.92. The Kier molecular flexibility index (Phi) is 5.30. The van der Waals surface area contributed by atoms with Crippen LogP contribution >= 0.6 is 0 Å². The summed E-state index contributed by atoms with van der Waals surface area (Å²) in [6, 6.07) is 0.358. The van der Waals surface area contributed by atoms with Gasteiger partial charge < -0.3 is 19.3 Å². The number of nitrogens with one attached hydrogen (secondary N) is 1. The highest BCUT2D eigenvalue weighted by Gasteiger charge is 2.23. The minimum Gasteiger partial charge on any atom is -0.376 e. The first-order chi connectivity index (χ1) is 9.19. The number of rotatable bonds is 6. The van der Waals surface area contributed by atoms with Crippen LogP contribution in [0.3, 0.4) is 0 Å². The van der Waals surface area contributed by atoms with Gasteiger partial charge in [-0.2, -0.15) is 4.98 Å². The molecule has 1 aromatic rings. The van der Waals surface area contributed by atoms with Crippen LogP contribution in [0, 0.1) is 5.92 Å². The Labute approximate surface area is 113 Å². The number of nitrogens with zero attached hydrogens (tertiary/aromatic N) is 2. The van der Waals surface area contributed by atoms with Crippen LogP contribution in [0.2, 0.25) is 0 Å². The number of likely N-dealkylation sites (N-methyl/N-ethyl adjacent to an activating group) is 1. The van der Waals surface area contributed by atoms with Gasteiger partial charge >= 0.3 is 0 Å². The van der Waals surface area contributed by atoms with Crippen molar-refractivity contribution in [2.24, 2.45) is 5.92 Å². The number of hydrogen-bond donors (Lipinski definition) is 1. The zero-order valence-electron chi connectivity index (χ0n) is 11.9. The predicted molar refractivity (Wildman–Crippen MR) is 69.8 cm³/mol. The quantitative estimate of drug-likeness (QED) is 0.840. The summed E-state index contributed by atoms with van der Waals surface area (Å²) in [7, 11) is 1.96. The lowest BCUT2D eigenvalue weighted by atomic mass is 10.0. The van der Waals surface area contributed by atoms with E-state index in [1.807, 2.05) is 7.05 Å². The van der Waals surface area contributed by atoms with Crippen LogP contribution in [0.25, 0.3) is 0 Å². The van der Waals surface area contributed by atoms with E-state index in [4.69, 9.17) is 14.0 Å². The molecule has 1 aliphatic rings. The topological polar surface area (TPSA) is 69.4 Å². The van der Waals surface area contributed by atoms with Crippen molar-refractivity contribution in [3.63, 3.8) is 0 Å². The lowest BCUT2D eigenvalue weighted by Gasteiger charge is -2.19. The SMILES string of the molecule is CNC(Cc1nc(C2COCCO2)no1)CC(C)C. The van der Waals surface area contributed by atoms with E-state index < -0.39 is 0 Å². The lowest BCUT2D eigenvalue weighted by molar-refractivity contribution is -0.0941. The van der Waals surface area contributed by atoms with Gasteiger partial charge in [0.25, 0.3) is 0 Å². The van der Waals surface area contributed by atoms with Gasteiger partial charge in [-0.15, -0.1) is 0 Å². The monoisotopic (exact) mass is 269 g/mol. The third-order valence-corrected chi connectivity index (χ3v) is 3.17. The maximum atomic E-state index is 5.55. The van der Waals surface area contributed by atoms with Crippen molar-refractivity contribution in [3.8, 4) is 0 Å². The minimum absolute atomic E-state index is 0.190. The minimum atomic E-state index is -0.190. The fourth-order valence-corrected chi connectivity index (χ4v) is 2.20. The van der Waals surface area contributed by atoms with Crippen LogP contribution in [0.5, 0.6) is 0 Å². The summed E-state index contributed by atoms with van der Waals surface area (Å²) in [5.74, 6) is 1.88. The average Bonchev–Trinajstić information content (AvgIpc) is 2.87. The van der Waals surface area contributed by atoms with E-state index in [9.17, 15) is 0 Å². The average molecular weight is 269 g/mol. The van der Waals surface area contributed by atoms with Gasteiger partial charge in [0, 0.05) is 12.5 Å². The Morgan fingerprint density at radius 3 is 2.84 bits per heavy atom. The van der Waals surface area contributed by atoms with E-state index in [0.717, 1.165) is 12.8 Å². The van der Waals surface area contributed by atoms with Crippen molar-refractivity contribution in [1.82, 2.24) is 15.5 Å². The van der Waals surface area contributed by atoms with Gasteiger partial charge in [-0.05, 0) is 19.4 Å². The Hall–Kier alpha value is -0.980. The van der Waals surface area contributed by atoms with E-state index >= 15 is 0 Å². The molecule has 0 amide bonds. The van der Waals surface area contributed by atoms with E-state index in [2.05, 4.69) is 29.3 Å². The second-order valence-electron chi connectivity index (χ2n) is 5.30. The highest BCUT2D eigenvalue weighted by Crippen LogP contribution is 2.18. The molecule has 108 valence electrons. The molecule has 1 N–H and O–H groups in total. The zero-order valence-corrected chi connectivity index (χ0v) is 11.9. The van der Waals surface area contributed by atoms with Crippen molar-refractivity contribution in [2.45, 2.75) is 38.8 Å². The largest absolute Gasteiger partial charge is 0.376 e. The molecule has 19 heavy (non-hydrogen) atoms. The van der Waals surface area contributed by atoms with Gasteiger partial charge in [0.15, 0.2) is 0 Å². The molecule has 0 aromatic carbocycles. The highest BCUT2D eigenvalue weighted by molar-refractivity contribution is 4.94. The Morgan fingerprint density at radius 1 is 1.37 bits per heavy atom. The summed E-state index contributed by atoms with van der Waals surface area (Å²) in [5.41, 5.74) is 0. The van der Waals surface area contributed by atoms with Crippen LogP contribution in [0.15, 0.2) is 4.52 Å². The molecule has 0 saturated carbocycles. The van der Waals surface area contributed by atoms with E-state index in [1.165, 1.54) is 0 Å². The van der Waals surface area contributed by atoms with Gasteiger partial charge in [0.05, 0.1) is 19.8 Å². The second kappa shape index (κ2) is 6.98. The summed E-state index contributed by atoms with van der Waals surface area (Å²) < 4.78 is 16.2. The molecular formula is C13H23N3O3. The fourth-order valence-electron chi connectivity index (χ4n) is 2.20. The molecule has 2 atom stereocenters. The third-order valence-electron chi connectivity index (χ3n) is 3.17. The van der Waals surface area contributed by atoms with Gasteiger partial charge in [0.2, 0.25) is 11.7 Å². The number of ether oxygens (including phenoxy) is 2. The molecule has 0 radical (unpaired) electrons. The molecule has 6 heteroatoms. The molecule has 1 aromatic heterocycles. The molecule has 2 unspecified atom stereocenters. The van der Waals surface area contributed by atoms with Crippen LogP contribution < -0.4 is 5.32 Å². The number of hydrogen-bond acceptors (Lipinski definition) is 6. The fraction of sp³-hybridized carbons (Fsp3) is 0.846. The van der Waals surface area contributed by atoms with E-state index in [0.29, 0.717) is 43.5 Å².